The van der Waals surface area contributed by atoms with Crippen LogP contribution in [0.5, 0.6) is 0 Å². The summed E-state index contributed by atoms with van der Waals surface area (Å²) in [5.74, 6) is 0. The second-order valence-electron chi connectivity index (χ2n) is 0.896. The van der Waals surface area contributed by atoms with E-state index in [0.717, 1.165) is 0 Å². The molecule has 0 saturated heterocycles. The van der Waals surface area contributed by atoms with Gasteiger partial charge in [0.1, 0.15) is 0 Å². The average molecular weight is 327 g/mol. The molecule has 6 N–H and O–H groups in total. The third kappa shape index (κ3) is 2540. The Hall–Kier alpha value is 0.622. The average Bonchev–Trinajstić information content (AvgIpc) is 1.12. The van der Waals surface area contributed by atoms with Crippen LogP contribution in [-0.2, 0) is 48.1 Å². The predicted octanol–water partition coefficient (Wildman–Crippen LogP) is -2.13. The fourth-order valence-corrected chi connectivity index (χ4v) is 0. The molecular weight excluding hydrogens is 321 g/mol. The summed E-state index contributed by atoms with van der Waals surface area (Å²) in [6.07, 6.45) is 0. The van der Waals surface area contributed by atoms with E-state index in [9.17, 15) is 0 Å². The van der Waals surface area contributed by atoms with Crippen molar-refractivity contribution < 1.29 is 67.8 Å². The fourth-order valence-electron chi connectivity index (χ4n) is 0. The molecule has 0 saturated carbocycles. The Balaban J connectivity index is -0.0000000457. The quantitative estimate of drug-likeness (QED) is 0.287. The van der Waals surface area contributed by atoms with E-state index >= 15 is 0 Å². The van der Waals surface area contributed by atoms with Crippen molar-refractivity contribution in [1.29, 1.82) is 0 Å². The minimum Gasteiger partial charge on any atom is -0.412 e. The molecule has 0 aliphatic heterocycles. The van der Waals surface area contributed by atoms with Crippen molar-refractivity contribution >= 4 is 20.8 Å². The molecule has 9 nitrogen and oxygen atoms in total. The van der Waals surface area contributed by atoms with Crippen LogP contribution in [0, 0.1) is 0 Å². The van der Waals surface area contributed by atoms with E-state index in [2.05, 4.69) is 0 Å². The molecule has 0 spiro atoms. The summed E-state index contributed by atoms with van der Waals surface area (Å²) in [4.78, 5) is 0. The van der Waals surface area contributed by atoms with Gasteiger partial charge in [0, 0.05) is 27.3 Å². The van der Waals surface area contributed by atoms with Gasteiger partial charge >= 0.3 is 20.8 Å². The van der Waals surface area contributed by atoms with Gasteiger partial charge in [-0.3, -0.25) is 18.2 Å². The van der Waals surface area contributed by atoms with Gasteiger partial charge in [0.25, 0.3) is 0 Å². The summed E-state index contributed by atoms with van der Waals surface area (Å²) in [6, 6.07) is 0. The second-order valence-corrected chi connectivity index (χ2v) is 2.69. The molecule has 12 heavy (non-hydrogen) atoms. The maximum atomic E-state index is 8.74. The zero-order valence-corrected chi connectivity index (χ0v) is 11.1. The molecule has 0 heterocycles. The Labute approximate surface area is 88.4 Å². The van der Waals surface area contributed by atoms with E-state index < -0.39 is 20.8 Å². The largest absolute Gasteiger partial charge is 0.412 e. The Morgan fingerprint density at radius 2 is 0.667 bits per heavy atom. The van der Waals surface area contributed by atoms with Gasteiger partial charge in [0.2, 0.25) is 0 Å². The van der Waals surface area contributed by atoms with Crippen molar-refractivity contribution in [2.24, 2.45) is 0 Å². The fraction of sp³-hybridized carbons (Fsp3) is 0. The zero-order chi connectivity index (χ0) is 9.00. The molecule has 0 aliphatic carbocycles. The van der Waals surface area contributed by atoms with Crippen molar-refractivity contribution in [3.05, 3.63) is 0 Å². The van der Waals surface area contributed by atoms with Crippen molar-refractivity contribution in [3.8, 4) is 0 Å². The van der Waals surface area contributed by atoms with Crippen molar-refractivity contribution in [2.75, 3.05) is 0 Å². The van der Waals surface area contributed by atoms with E-state index in [1.54, 1.807) is 0 Å². The smallest absolute Gasteiger partial charge is 0.394 e. The van der Waals surface area contributed by atoms with Gasteiger partial charge in [0.05, 0.1) is 0 Å². The third-order valence-corrected chi connectivity index (χ3v) is 0. The minimum atomic E-state index is -4.67. The van der Waals surface area contributed by atoms with Crippen LogP contribution in [0.3, 0.4) is 0 Å². The molecule has 0 aromatic rings. The van der Waals surface area contributed by atoms with Crippen molar-refractivity contribution in [3.63, 3.8) is 0 Å². The predicted molar refractivity (Wildman–Crippen MR) is 32.0 cm³/mol. The molecule has 0 amide bonds. The van der Waals surface area contributed by atoms with Crippen molar-refractivity contribution in [2.45, 2.75) is 0 Å². The van der Waals surface area contributed by atoms with Gasteiger partial charge in [-0.05, 0) is 0 Å². The molecule has 74 valence electrons. The maximum absolute atomic E-state index is 8.74. The van der Waals surface area contributed by atoms with Gasteiger partial charge in [0.15, 0.2) is 0 Å². The van der Waals surface area contributed by atoms with Gasteiger partial charge < -0.3 is 5.48 Å². The van der Waals surface area contributed by atoms with Crippen LogP contribution in [0.2, 0.25) is 0 Å². The molecule has 0 aromatic heterocycles. The Morgan fingerprint density at radius 1 is 0.667 bits per heavy atom. The van der Waals surface area contributed by atoms with Crippen LogP contribution >= 0.6 is 0 Å². The van der Waals surface area contributed by atoms with Crippen LogP contribution in [0.1, 0.15) is 0 Å². The Bertz CT molecular complexity index is 209. The summed E-state index contributed by atoms with van der Waals surface area (Å²) < 4.78 is 63.2. The Morgan fingerprint density at radius 3 is 0.667 bits per heavy atom. The van der Waals surface area contributed by atoms with E-state index in [0.29, 0.717) is 0 Å². The van der Waals surface area contributed by atoms with Crippen molar-refractivity contribution in [1.82, 2.24) is 0 Å². The molecule has 0 rings (SSSR count). The first-order valence-corrected chi connectivity index (χ1v) is 4.19. The molecule has 0 fully saturated rings. The topological polar surface area (TPSA) is 181 Å². The van der Waals surface area contributed by atoms with Crippen LogP contribution in [0.25, 0.3) is 0 Å². The molecule has 12 heteroatoms. The van der Waals surface area contributed by atoms with Gasteiger partial charge in [-0.2, -0.15) is 16.8 Å². The first kappa shape index (κ1) is 22.9. The molecule has 0 aromatic carbocycles. The third-order valence-electron chi connectivity index (χ3n) is 0. The SMILES string of the molecule is O.O=S(=O)(O)O.O=S(=O)(O)O.[Cd]. The summed E-state index contributed by atoms with van der Waals surface area (Å²) >= 11 is 0. The molecule has 0 atom stereocenters. The van der Waals surface area contributed by atoms with Crippen LogP contribution in [-0.4, -0.2) is 40.5 Å². The summed E-state index contributed by atoms with van der Waals surface area (Å²) in [5, 5.41) is 0. The first-order chi connectivity index (χ1) is 4.00. The van der Waals surface area contributed by atoms with Gasteiger partial charge in [-0.1, -0.05) is 0 Å². The maximum Gasteiger partial charge on any atom is 0.394 e. The van der Waals surface area contributed by atoms with E-state index in [4.69, 9.17) is 35.0 Å². The summed E-state index contributed by atoms with van der Waals surface area (Å²) in [7, 11) is -9.33. The van der Waals surface area contributed by atoms with Crippen LogP contribution < -0.4 is 0 Å². The van der Waals surface area contributed by atoms with E-state index in [-0.39, 0.29) is 32.8 Å². The second kappa shape index (κ2) is 8.23. The molecule has 0 radical (unpaired) electrons. The Kier molecular flexibility index (Phi) is 15.7. The van der Waals surface area contributed by atoms with Crippen LogP contribution in [0.4, 0.5) is 0 Å². The monoisotopic (exact) mass is 328 g/mol. The molecule has 0 bridgehead atoms. The van der Waals surface area contributed by atoms with E-state index in [1.165, 1.54) is 0 Å². The van der Waals surface area contributed by atoms with Crippen LogP contribution in [0.15, 0.2) is 0 Å². The normalized spacial score (nSPS) is 9.67. The molecule has 0 aliphatic rings. The summed E-state index contributed by atoms with van der Waals surface area (Å²) in [5.41, 5.74) is 0. The zero-order valence-electron chi connectivity index (χ0n) is 5.45. The van der Waals surface area contributed by atoms with E-state index in [1.807, 2.05) is 0 Å². The first-order valence-electron chi connectivity index (χ1n) is 1.40. The number of hydrogen-bond acceptors (Lipinski definition) is 4. The molecule has 0 unspecified atom stereocenters. The minimum absolute atomic E-state index is 0. The molecular formula is H6CdO9S2. The summed E-state index contributed by atoms with van der Waals surface area (Å²) in [6.45, 7) is 0. The number of rotatable bonds is 0. The standard InChI is InChI=1S/Cd.2H2O4S.H2O/c;2*1-5(2,3)4;/h;2*(H2,1,2,3,4);1H2. The number of hydrogen-bond donors (Lipinski definition) is 4. The van der Waals surface area contributed by atoms with Gasteiger partial charge in [-0.25, -0.2) is 0 Å². The van der Waals surface area contributed by atoms with Gasteiger partial charge in [-0.15, -0.1) is 0 Å².